The third-order valence-corrected chi connectivity index (χ3v) is 5.19. The Morgan fingerprint density at radius 2 is 1.39 bits per heavy atom. The maximum Gasteiger partial charge on any atom is 0.220 e. The summed E-state index contributed by atoms with van der Waals surface area (Å²) in [5, 5.41) is 3.02. The number of nitrogens with one attached hydrogen (secondary N) is 1. The molecule has 0 saturated heterocycles. The van der Waals surface area contributed by atoms with Crippen LogP contribution in [0, 0.1) is 0 Å². The SMILES string of the molecule is CCCCCCCCCCCCCC(=O)NCCc1ccc(OC)c(OC)c1. The minimum absolute atomic E-state index is 0.163. The quantitative estimate of drug-likeness (QED) is 0.328. The van der Waals surface area contributed by atoms with Crippen LogP contribution < -0.4 is 14.8 Å². The van der Waals surface area contributed by atoms with Crippen LogP contribution in [0.3, 0.4) is 0 Å². The van der Waals surface area contributed by atoms with Gasteiger partial charge in [-0.3, -0.25) is 4.79 Å². The molecule has 4 nitrogen and oxygen atoms in total. The maximum atomic E-state index is 12.0. The molecular weight excluding hydrogens is 350 g/mol. The fourth-order valence-corrected chi connectivity index (χ4v) is 3.42. The van der Waals surface area contributed by atoms with Crippen LogP contribution in [0.5, 0.6) is 11.5 Å². The van der Waals surface area contributed by atoms with Gasteiger partial charge in [0, 0.05) is 13.0 Å². The number of rotatable bonds is 17. The second kappa shape index (κ2) is 16.3. The monoisotopic (exact) mass is 391 g/mol. The van der Waals surface area contributed by atoms with Gasteiger partial charge in [-0.2, -0.15) is 0 Å². The smallest absolute Gasteiger partial charge is 0.220 e. The van der Waals surface area contributed by atoms with Crippen molar-refractivity contribution in [3.8, 4) is 11.5 Å². The van der Waals surface area contributed by atoms with E-state index in [4.69, 9.17) is 9.47 Å². The Labute approximate surface area is 172 Å². The van der Waals surface area contributed by atoms with Crippen LogP contribution in [0.1, 0.15) is 89.5 Å². The van der Waals surface area contributed by atoms with E-state index < -0.39 is 0 Å². The van der Waals surface area contributed by atoms with Crippen LogP contribution in [-0.2, 0) is 11.2 Å². The van der Waals surface area contributed by atoms with E-state index in [2.05, 4.69) is 12.2 Å². The zero-order chi connectivity index (χ0) is 20.5. The van der Waals surface area contributed by atoms with Gasteiger partial charge < -0.3 is 14.8 Å². The van der Waals surface area contributed by atoms with E-state index in [-0.39, 0.29) is 5.91 Å². The molecule has 160 valence electrons. The highest BCUT2D eigenvalue weighted by Crippen LogP contribution is 2.27. The summed E-state index contributed by atoms with van der Waals surface area (Å²) in [6.45, 7) is 2.92. The predicted octanol–water partition coefficient (Wildman–Crippen LogP) is 6.06. The van der Waals surface area contributed by atoms with Gasteiger partial charge in [0.05, 0.1) is 14.2 Å². The molecule has 1 rings (SSSR count). The van der Waals surface area contributed by atoms with Gasteiger partial charge in [0.25, 0.3) is 0 Å². The number of carbonyl (C=O) groups excluding carboxylic acids is 1. The van der Waals surface area contributed by atoms with Crippen molar-refractivity contribution < 1.29 is 14.3 Å². The minimum Gasteiger partial charge on any atom is -0.493 e. The van der Waals surface area contributed by atoms with Crippen molar-refractivity contribution in [3.63, 3.8) is 0 Å². The van der Waals surface area contributed by atoms with E-state index in [1.54, 1.807) is 14.2 Å². The van der Waals surface area contributed by atoms with Crippen LogP contribution in [0.15, 0.2) is 18.2 Å². The van der Waals surface area contributed by atoms with Crippen molar-refractivity contribution in [1.82, 2.24) is 5.32 Å². The van der Waals surface area contributed by atoms with Gasteiger partial charge in [0.1, 0.15) is 0 Å². The summed E-state index contributed by atoms with van der Waals surface area (Å²) < 4.78 is 10.6. The van der Waals surface area contributed by atoms with E-state index in [1.165, 1.54) is 64.2 Å². The summed E-state index contributed by atoms with van der Waals surface area (Å²) in [6.07, 6.45) is 15.8. The molecule has 0 heterocycles. The molecule has 0 saturated carbocycles. The lowest BCUT2D eigenvalue weighted by molar-refractivity contribution is -0.121. The van der Waals surface area contributed by atoms with Crippen LogP contribution in [0.2, 0.25) is 0 Å². The highest BCUT2D eigenvalue weighted by Gasteiger charge is 2.05. The highest BCUT2D eigenvalue weighted by atomic mass is 16.5. The molecule has 1 amide bonds. The Bertz CT molecular complexity index is 531. The zero-order valence-electron chi connectivity index (χ0n) is 18.4. The maximum absolute atomic E-state index is 12.0. The van der Waals surface area contributed by atoms with E-state index >= 15 is 0 Å². The molecule has 0 aliphatic rings. The summed E-state index contributed by atoms with van der Waals surface area (Å²) in [4.78, 5) is 12.0. The first-order valence-corrected chi connectivity index (χ1v) is 11.2. The molecule has 0 radical (unpaired) electrons. The second-order valence-corrected chi connectivity index (χ2v) is 7.57. The summed E-state index contributed by atoms with van der Waals surface area (Å²) in [6, 6.07) is 5.88. The van der Waals surface area contributed by atoms with Gasteiger partial charge in [-0.1, -0.05) is 77.2 Å². The molecule has 0 aliphatic heterocycles. The normalized spacial score (nSPS) is 10.7. The summed E-state index contributed by atoms with van der Waals surface area (Å²) in [7, 11) is 3.27. The second-order valence-electron chi connectivity index (χ2n) is 7.57. The number of hydrogen-bond donors (Lipinski definition) is 1. The molecule has 28 heavy (non-hydrogen) atoms. The number of ether oxygens (including phenoxy) is 2. The average Bonchev–Trinajstić information content (AvgIpc) is 2.71. The minimum atomic E-state index is 0.163. The number of hydrogen-bond acceptors (Lipinski definition) is 3. The molecule has 1 aromatic rings. The van der Waals surface area contributed by atoms with Crippen LogP contribution in [-0.4, -0.2) is 26.7 Å². The van der Waals surface area contributed by atoms with Gasteiger partial charge >= 0.3 is 0 Å². The van der Waals surface area contributed by atoms with Crippen molar-refractivity contribution in [2.45, 2.75) is 90.4 Å². The predicted molar refractivity (Wildman–Crippen MR) is 117 cm³/mol. The first kappa shape index (κ1) is 24.3. The fourth-order valence-electron chi connectivity index (χ4n) is 3.42. The Balaban J connectivity index is 2.00. The number of carbonyl (C=O) groups is 1. The number of methoxy groups -OCH3 is 2. The summed E-state index contributed by atoms with van der Waals surface area (Å²) >= 11 is 0. The van der Waals surface area contributed by atoms with Gasteiger partial charge in [0.15, 0.2) is 11.5 Å². The molecule has 4 heteroatoms. The van der Waals surface area contributed by atoms with Gasteiger partial charge in [-0.05, 0) is 30.5 Å². The first-order valence-electron chi connectivity index (χ1n) is 11.2. The molecule has 1 N–H and O–H groups in total. The Morgan fingerprint density at radius 1 is 0.821 bits per heavy atom. The lowest BCUT2D eigenvalue weighted by Gasteiger charge is -2.10. The molecule has 0 atom stereocenters. The molecule has 0 aromatic heterocycles. The van der Waals surface area contributed by atoms with Crippen molar-refractivity contribution in [2.75, 3.05) is 20.8 Å². The third kappa shape index (κ3) is 11.2. The number of amides is 1. The van der Waals surface area contributed by atoms with E-state index in [1.807, 2.05) is 18.2 Å². The van der Waals surface area contributed by atoms with Crippen LogP contribution in [0.25, 0.3) is 0 Å². The van der Waals surface area contributed by atoms with Crippen LogP contribution in [0.4, 0.5) is 0 Å². The Morgan fingerprint density at radius 3 is 1.96 bits per heavy atom. The van der Waals surface area contributed by atoms with Gasteiger partial charge in [0.2, 0.25) is 5.91 Å². The standard InChI is InChI=1S/C24H41NO3/c1-4-5-6-7-8-9-10-11-12-13-14-15-24(26)25-19-18-21-16-17-22(27-2)23(20-21)28-3/h16-17,20H,4-15,18-19H2,1-3H3,(H,25,26). The molecular formula is C24H41NO3. The topological polar surface area (TPSA) is 47.6 Å². The largest absolute Gasteiger partial charge is 0.493 e. The summed E-state index contributed by atoms with van der Waals surface area (Å²) in [5.74, 6) is 1.62. The Hall–Kier alpha value is -1.71. The van der Waals surface area contributed by atoms with Crippen molar-refractivity contribution in [2.24, 2.45) is 0 Å². The zero-order valence-corrected chi connectivity index (χ0v) is 18.4. The number of benzene rings is 1. The Kier molecular flexibility index (Phi) is 14.1. The van der Waals surface area contributed by atoms with Crippen molar-refractivity contribution in [3.05, 3.63) is 23.8 Å². The molecule has 0 aliphatic carbocycles. The van der Waals surface area contributed by atoms with Gasteiger partial charge in [-0.25, -0.2) is 0 Å². The number of unbranched alkanes of at least 4 members (excludes halogenated alkanes) is 10. The highest BCUT2D eigenvalue weighted by molar-refractivity contribution is 5.75. The molecule has 0 fully saturated rings. The fraction of sp³-hybridized carbons (Fsp3) is 0.708. The lowest BCUT2D eigenvalue weighted by atomic mass is 10.1. The third-order valence-electron chi connectivity index (χ3n) is 5.19. The van der Waals surface area contributed by atoms with Crippen molar-refractivity contribution >= 4 is 5.91 Å². The van der Waals surface area contributed by atoms with Crippen LogP contribution >= 0.6 is 0 Å². The molecule has 0 unspecified atom stereocenters. The van der Waals surface area contributed by atoms with E-state index in [0.29, 0.717) is 13.0 Å². The van der Waals surface area contributed by atoms with Gasteiger partial charge in [-0.15, -0.1) is 0 Å². The molecule has 1 aromatic carbocycles. The molecule has 0 bridgehead atoms. The van der Waals surface area contributed by atoms with E-state index in [9.17, 15) is 4.79 Å². The molecule has 0 spiro atoms. The lowest BCUT2D eigenvalue weighted by Crippen LogP contribution is -2.25. The van der Waals surface area contributed by atoms with Crippen molar-refractivity contribution in [1.29, 1.82) is 0 Å². The average molecular weight is 392 g/mol. The summed E-state index contributed by atoms with van der Waals surface area (Å²) in [5.41, 5.74) is 1.13. The first-order chi connectivity index (χ1) is 13.7. The van der Waals surface area contributed by atoms with E-state index in [0.717, 1.165) is 29.9 Å².